The number of hydrogen-bond donors (Lipinski definition) is 2. The van der Waals surface area contributed by atoms with Crippen LogP contribution in [-0.4, -0.2) is 54.1 Å². The summed E-state index contributed by atoms with van der Waals surface area (Å²) < 4.78 is 5.28. The predicted molar refractivity (Wildman–Crippen MR) is 117 cm³/mol. The van der Waals surface area contributed by atoms with E-state index in [2.05, 4.69) is 21.7 Å². The van der Waals surface area contributed by atoms with Gasteiger partial charge in [0.2, 0.25) is 5.91 Å². The van der Waals surface area contributed by atoms with E-state index in [4.69, 9.17) is 10.00 Å². The molecule has 7 heteroatoms. The summed E-state index contributed by atoms with van der Waals surface area (Å²) in [5.41, 5.74) is 1.75. The minimum atomic E-state index is -0.315. The third-order valence-electron chi connectivity index (χ3n) is 5.32. The van der Waals surface area contributed by atoms with E-state index in [9.17, 15) is 4.79 Å². The number of methoxy groups -OCH3 is 1. The average molecular weight is 408 g/mol. The molecule has 0 spiro atoms. The first-order chi connectivity index (χ1) is 14.4. The van der Waals surface area contributed by atoms with Gasteiger partial charge in [0, 0.05) is 30.4 Å². The van der Waals surface area contributed by atoms with Crippen molar-refractivity contribution in [3.05, 3.63) is 42.6 Å². The van der Waals surface area contributed by atoms with E-state index in [0.717, 1.165) is 35.5 Å². The number of nitrogens with zero attached hydrogens (tertiary/aromatic N) is 3. The normalized spacial score (nSPS) is 16.2. The van der Waals surface area contributed by atoms with E-state index in [1.54, 1.807) is 12.0 Å². The highest BCUT2D eigenvalue weighted by Crippen LogP contribution is 2.24. The molecule has 0 aliphatic carbocycles. The molecule has 1 atom stereocenters. The molecule has 7 nitrogen and oxygen atoms in total. The maximum atomic E-state index is 12.4. The lowest BCUT2D eigenvalue weighted by Gasteiger charge is -2.28. The van der Waals surface area contributed by atoms with Crippen molar-refractivity contribution in [3.63, 3.8) is 0 Å². The zero-order valence-corrected chi connectivity index (χ0v) is 17.8. The van der Waals surface area contributed by atoms with Gasteiger partial charge in [0.25, 0.3) is 0 Å². The second-order valence-corrected chi connectivity index (χ2v) is 8.13. The topological polar surface area (TPSA) is 90.3 Å². The van der Waals surface area contributed by atoms with Gasteiger partial charge < -0.3 is 20.3 Å². The fourth-order valence-electron chi connectivity index (χ4n) is 3.46. The van der Waals surface area contributed by atoms with Crippen LogP contribution in [0.3, 0.4) is 0 Å². The molecule has 1 saturated heterocycles. The van der Waals surface area contributed by atoms with E-state index >= 15 is 0 Å². The van der Waals surface area contributed by atoms with Crippen LogP contribution in [0.1, 0.15) is 26.7 Å². The van der Waals surface area contributed by atoms with Gasteiger partial charge >= 0.3 is 0 Å². The maximum Gasteiger partial charge on any atom is 0.237 e. The number of carbonyl (C=O) groups is 1. The highest BCUT2D eigenvalue weighted by atomic mass is 16.5. The zero-order chi connectivity index (χ0) is 21.6. The number of nitrogens with one attached hydrogen (secondary N) is 2. The lowest BCUT2D eigenvalue weighted by molar-refractivity contribution is -0.130. The van der Waals surface area contributed by atoms with E-state index in [0.29, 0.717) is 13.1 Å². The predicted octanol–water partition coefficient (Wildman–Crippen LogP) is 3.05. The van der Waals surface area contributed by atoms with E-state index < -0.39 is 0 Å². The second-order valence-electron chi connectivity index (χ2n) is 8.13. The molecule has 0 radical (unpaired) electrons. The van der Waals surface area contributed by atoms with Crippen LogP contribution in [0.2, 0.25) is 0 Å². The first-order valence-corrected chi connectivity index (χ1v) is 10.2. The van der Waals surface area contributed by atoms with Crippen LogP contribution in [0, 0.1) is 11.3 Å². The number of aromatic nitrogens is 1. The molecule has 3 rings (SSSR count). The van der Waals surface area contributed by atoms with Crippen molar-refractivity contribution in [3.8, 4) is 22.9 Å². The SMILES string of the molecule is COc1cccc(-c2ccc(NCC(C)(C)NCC(=O)N3CCCC3C#N)nc2)c1. The number of carbonyl (C=O) groups excluding carboxylic acids is 1. The number of hydrogen-bond acceptors (Lipinski definition) is 6. The number of rotatable bonds is 8. The van der Waals surface area contributed by atoms with Crippen LogP contribution in [0.5, 0.6) is 5.75 Å². The number of ether oxygens (including phenoxy) is 1. The molecule has 1 aliphatic rings. The van der Waals surface area contributed by atoms with Crippen LogP contribution in [-0.2, 0) is 4.79 Å². The Hall–Kier alpha value is -3.11. The van der Waals surface area contributed by atoms with Gasteiger partial charge in [0.05, 0.1) is 19.7 Å². The van der Waals surface area contributed by atoms with E-state index in [1.165, 1.54) is 0 Å². The van der Waals surface area contributed by atoms with Crippen LogP contribution >= 0.6 is 0 Å². The largest absolute Gasteiger partial charge is 0.497 e. The number of likely N-dealkylation sites (tertiary alicyclic amines) is 1. The number of pyridine rings is 1. The third-order valence-corrected chi connectivity index (χ3v) is 5.32. The Bertz CT molecular complexity index is 905. The van der Waals surface area contributed by atoms with Crippen molar-refractivity contribution in [2.75, 3.05) is 32.1 Å². The van der Waals surface area contributed by atoms with E-state index in [1.807, 2.05) is 56.4 Å². The number of amides is 1. The summed E-state index contributed by atoms with van der Waals surface area (Å²) in [6.45, 7) is 5.55. The Morgan fingerprint density at radius 1 is 1.33 bits per heavy atom. The van der Waals surface area contributed by atoms with Crippen molar-refractivity contribution in [2.24, 2.45) is 0 Å². The smallest absolute Gasteiger partial charge is 0.237 e. The molecular weight excluding hydrogens is 378 g/mol. The third kappa shape index (κ3) is 5.49. The lowest BCUT2D eigenvalue weighted by atomic mass is 10.1. The molecule has 30 heavy (non-hydrogen) atoms. The standard InChI is InChI=1S/C23H29N5O2/c1-23(2,27-15-22(29)28-11-5-7-19(28)13-24)16-26-21-10-9-18(14-25-21)17-6-4-8-20(12-17)30-3/h4,6,8-10,12,14,19,27H,5,7,11,15-16H2,1-3H3,(H,25,26). The van der Waals surface area contributed by atoms with Gasteiger partial charge in [-0.3, -0.25) is 4.79 Å². The summed E-state index contributed by atoms with van der Waals surface area (Å²) >= 11 is 0. The monoisotopic (exact) mass is 407 g/mol. The fourth-order valence-corrected chi connectivity index (χ4v) is 3.46. The Morgan fingerprint density at radius 3 is 2.87 bits per heavy atom. The Labute approximate surface area is 178 Å². The summed E-state index contributed by atoms with van der Waals surface area (Å²) in [6.07, 6.45) is 3.49. The molecule has 1 amide bonds. The molecule has 158 valence electrons. The van der Waals surface area contributed by atoms with Gasteiger partial charge in [-0.15, -0.1) is 0 Å². The first kappa shape index (κ1) is 21.6. The number of benzene rings is 1. The van der Waals surface area contributed by atoms with Crippen molar-refractivity contribution in [2.45, 2.75) is 38.3 Å². The van der Waals surface area contributed by atoms with Crippen molar-refractivity contribution >= 4 is 11.7 Å². The summed E-state index contributed by atoms with van der Waals surface area (Å²) in [5.74, 6) is 1.56. The first-order valence-electron chi connectivity index (χ1n) is 10.2. The fraction of sp³-hybridized carbons (Fsp3) is 0.435. The Kier molecular flexibility index (Phi) is 6.91. The van der Waals surface area contributed by atoms with Gasteiger partial charge in [-0.2, -0.15) is 5.26 Å². The van der Waals surface area contributed by atoms with Crippen LogP contribution in [0.15, 0.2) is 42.6 Å². The van der Waals surface area contributed by atoms with Gasteiger partial charge in [-0.1, -0.05) is 12.1 Å². The molecule has 1 aromatic carbocycles. The minimum Gasteiger partial charge on any atom is -0.497 e. The molecule has 0 bridgehead atoms. The zero-order valence-electron chi connectivity index (χ0n) is 17.8. The molecule has 2 heterocycles. The van der Waals surface area contributed by atoms with Crippen molar-refractivity contribution in [1.29, 1.82) is 5.26 Å². The van der Waals surface area contributed by atoms with Crippen LogP contribution < -0.4 is 15.4 Å². The summed E-state index contributed by atoms with van der Waals surface area (Å²) in [5, 5.41) is 15.8. The molecule has 1 aliphatic heterocycles. The van der Waals surface area contributed by atoms with E-state index in [-0.39, 0.29) is 24.0 Å². The number of anilines is 1. The number of nitriles is 1. The molecule has 2 aromatic rings. The molecule has 1 unspecified atom stereocenters. The van der Waals surface area contributed by atoms with Crippen LogP contribution in [0.4, 0.5) is 5.82 Å². The molecular formula is C23H29N5O2. The van der Waals surface area contributed by atoms with Crippen molar-refractivity contribution in [1.82, 2.24) is 15.2 Å². The van der Waals surface area contributed by atoms with Crippen LogP contribution in [0.25, 0.3) is 11.1 Å². The lowest BCUT2D eigenvalue weighted by Crippen LogP contribution is -2.50. The minimum absolute atomic E-state index is 0.0205. The second kappa shape index (κ2) is 9.59. The van der Waals surface area contributed by atoms with Gasteiger partial charge in [-0.25, -0.2) is 4.98 Å². The highest BCUT2D eigenvalue weighted by molar-refractivity contribution is 5.79. The molecule has 0 saturated carbocycles. The Balaban J connectivity index is 1.51. The summed E-state index contributed by atoms with van der Waals surface area (Å²) in [7, 11) is 1.65. The molecule has 1 aromatic heterocycles. The van der Waals surface area contributed by atoms with Gasteiger partial charge in [-0.05, 0) is 56.5 Å². The highest BCUT2D eigenvalue weighted by Gasteiger charge is 2.29. The summed E-state index contributed by atoms with van der Waals surface area (Å²) in [6, 6.07) is 13.8. The molecule has 1 fully saturated rings. The average Bonchev–Trinajstić information content (AvgIpc) is 3.26. The maximum absolute atomic E-state index is 12.4. The van der Waals surface area contributed by atoms with Gasteiger partial charge in [0.1, 0.15) is 17.6 Å². The Morgan fingerprint density at radius 2 is 2.17 bits per heavy atom. The van der Waals surface area contributed by atoms with Crippen molar-refractivity contribution < 1.29 is 9.53 Å². The van der Waals surface area contributed by atoms with Gasteiger partial charge in [0.15, 0.2) is 0 Å². The summed E-state index contributed by atoms with van der Waals surface area (Å²) in [4.78, 5) is 18.6. The quantitative estimate of drug-likeness (QED) is 0.699. The molecule has 2 N–H and O–H groups in total.